The highest BCUT2D eigenvalue weighted by Gasteiger charge is 2.31. The molecule has 0 spiro atoms. The number of hydrogen-bond acceptors (Lipinski definition) is 2. The molecule has 0 aliphatic carbocycles. The summed E-state index contributed by atoms with van der Waals surface area (Å²) in [6, 6.07) is 1.26. The maximum Gasteiger partial charge on any atom is 0.416 e. The van der Waals surface area contributed by atoms with E-state index in [4.69, 9.17) is 0 Å². The third-order valence-electron chi connectivity index (χ3n) is 1.67. The number of aliphatic imine (C=N–C) groups is 1. The first-order valence-corrected chi connectivity index (χ1v) is 3.85. The maximum atomic E-state index is 13.0. The fourth-order valence-electron chi connectivity index (χ4n) is 0.967. The second kappa shape index (κ2) is 4.24. The third-order valence-corrected chi connectivity index (χ3v) is 1.67. The molecule has 0 saturated heterocycles. The molecular weight excluding hydrogens is 230 g/mol. The number of nitrogens with zero attached hydrogens (tertiary/aromatic N) is 1. The molecule has 84 valence electrons. The highest BCUT2D eigenvalue weighted by molar-refractivity contribution is 5.97. The molecule has 0 aliphatic rings. The van der Waals surface area contributed by atoms with E-state index in [1.807, 2.05) is 0 Å². The summed E-state index contributed by atoms with van der Waals surface area (Å²) in [5.74, 6) is -2.59. The molecule has 16 heavy (non-hydrogen) atoms. The lowest BCUT2D eigenvalue weighted by Gasteiger charge is -2.07. The van der Waals surface area contributed by atoms with Gasteiger partial charge in [-0.1, -0.05) is 0 Å². The van der Waals surface area contributed by atoms with E-state index < -0.39 is 29.0 Å². The fourth-order valence-corrected chi connectivity index (χ4v) is 0.967. The fraction of sp³-hybridized carbons (Fsp3) is 0.111. The van der Waals surface area contributed by atoms with Gasteiger partial charge in [0, 0.05) is 0 Å². The van der Waals surface area contributed by atoms with Gasteiger partial charge in [0.1, 0.15) is 5.82 Å². The van der Waals surface area contributed by atoms with E-state index in [-0.39, 0.29) is 0 Å². The van der Waals surface area contributed by atoms with Crippen LogP contribution in [0.15, 0.2) is 23.2 Å². The topological polar surface area (TPSA) is 46.5 Å². The van der Waals surface area contributed by atoms with Crippen molar-refractivity contribution in [2.24, 2.45) is 4.99 Å². The summed E-state index contributed by atoms with van der Waals surface area (Å²) in [6.07, 6.45) is -3.87. The third kappa shape index (κ3) is 2.52. The SMILES string of the molecule is O=C=NC(=O)c1cc(C(F)(F)F)ccc1F. The van der Waals surface area contributed by atoms with Crippen molar-refractivity contribution in [2.45, 2.75) is 6.18 Å². The van der Waals surface area contributed by atoms with Crippen molar-refractivity contribution in [3.05, 3.63) is 35.1 Å². The van der Waals surface area contributed by atoms with Crippen molar-refractivity contribution in [3.8, 4) is 0 Å². The summed E-state index contributed by atoms with van der Waals surface area (Å²) in [5.41, 5.74) is -2.11. The van der Waals surface area contributed by atoms with Crippen molar-refractivity contribution < 1.29 is 27.2 Å². The van der Waals surface area contributed by atoms with Gasteiger partial charge < -0.3 is 0 Å². The van der Waals surface area contributed by atoms with Crippen LogP contribution in [0, 0.1) is 5.82 Å². The Morgan fingerprint density at radius 2 is 1.94 bits per heavy atom. The Kier molecular flexibility index (Phi) is 3.20. The number of halogens is 4. The zero-order valence-corrected chi connectivity index (χ0v) is 7.51. The first-order valence-electron chi connectivity index (χ1n) is 3.85. The molecule has 1 aromatic rings. The van der Waals surface area contributed by atoms with E-state index in [1.165, 1.54) is 0 Å². The molecule has 0 radical (unpaired) electrons. The Hall–Kier alpha value is -2.01. The van der Waals surface area contributed by atoms with Crippen LogP contribution in [0.4, 0.5) is 17.6 Å². The van der Waals surface area contributed by atoms with Gasteiger partial charge in [0.2, 0.25) is 6.08 Å². The van der Waals surface area contributed by atoms with Crippen LogP contribution in [0.5, 0.6) is 0 Å². The molecule has 0 bridgehead atoms. The van der Waals surface area contributed by atoms with Gasteiger partial charge in [0.25, 0.3) is 5.91 Å². The minimum absolute atomic E-state index is 0.290. The van der Waals surface area contributed by atoms with E-state index in [0.717, 1.165) is 6.08 Å². The molecule has 7 heteroatoms. The number of alkyl halides is 3. The number of carbonyl (C=O) groups excluding carboxylic acids is 2. The van der Waals surface area contributed by atoms with Gasteiger partial charge in [-0.3, -0.25) is 4.79 Å². The quantitative estimate of drug-likeness (QED) is 0.424. The normalized spacial score (nSPS) is 10.8. The smallest absolute Gasteiger partial charge is 0.266 e. The molecule has 1 aromatic carbocycles. The summed E-state index contributed by atoms with van der Waals surface area (Å²) in [5, 5.41) is 0. The molecule has 1 rings (SSSR count). The first-order chi connectivity index (χ1) is 7.36. The number of rotatable bonds is 1. The van der Waals surface area contributed by atoms with E-state index in [2.05, 4.69) is 4.99 Å². The summed E-state index contributed by atoms with van der Waals surface area (Å²) in [7, 11) is 0. The zero-order valence-electron chi connectivity index (χ0n) is 7.51. The largest absolute Gasteiger partial charge is 0.416 e. The molecule has 0 aromatic heterocycles. The molecule has 0 N–H and O–H groups in total. The van der Waals surface area contributed by atoms with Gasteiger partial charge in [-0.15, -0.1) is 4.99 Å². The second-order valence-corrected chi connectivity index (χ2v) is 2.70. The molecule has 0 fully saturated rings. The Labute approximate surface area is 86.4 Å². The van der Waals surface area contributed by atoms with Crippen LogP contribution in [0.1, 0.15) is 15.9 Å². The lowest BCUT2D eigenvalue weighted by molar-refractivity contribution is -0.137. The summed E-state index contributed by atoms with van der Waals surface area (Å²) in [4.78, 5) is 23.2. The number of hydrogen-bond donors (Lipinski definition) is 0. The standard InChI is InChI=1S/C9H3F4NO2/c10-7-2-1-5(9(11,12)13)3-6(7)8(16)14-4-15/h1-3H. The Bertz CT molecular complexity index is 475. The van der Waals surface area contributed by atoms with E-state index in [9.17, 15) is 27.2 Å². The first kappa shape index (κ1) is 12.1. The van der Waals surface area contributed by atoms with Crippen molar-refractivity contribution >= 4 is 12.0 Å². The lowest BCUT2D eigenvalue weighted by atomic mass is 10.1. The van der Waals surface area contributed by atoms with Gasteiger partial charge in [-0.05, 0) is 18.2 Å². The molecule has 0 atom stereocenters. The number of carbonyl (C=O) groups is 1. The molecule has 1 amide bonds. The summed E-state index contributed by atoms with van der Waals surface area (Å²) in [6.45, 7) is 0. The van der Waals surface area contributed by atoms with Gasteiger partial charge in [-0.2, -0.15) is 13.2 Å². The predicted molar refractivity (Wildman–Crippen MR) is 43.9 cm³/mol. The van der Waals surface area contributed by atoms with Crippen LogP contribution in [-0.4, -0.2) is 12.0 Å². The van der Waals surface area contributed by atoms with Crippen molar-refractivity contribution in [2.75, 3.05) is 0 Å². The van der Waals surface area contributed by atoms with Gasteiger partial charge in [0.05, 0.1) is 11.1 Å². The van der Waals surface area contributed by atoms with E-state index >= 15 is 0 Å². The van der Waals surface area contributed by atoms with Crippen LogP contribution in [0.2, 0.25) is 0 Å². The van der Waals surface area contributed by atoms with Crippen molar-refractivity contribution in [3.63, 3.8) is 0 Å². The minimum Gasteiger partial charge on any atom is -0.266 e. The average Bonchev–Trinajstić information content (AvgIpc) is 2.16. The van der Waals surface area contributed by atoms with Crippen LogP contribution >= 0.6 is 0 Å². The Morgan fingerprint density at radius 1 is 1.31 bits per heavy atom. The second-order valence-electron chi connectivity index (χ2n) is 2.70. The molecule has 0 unspecified atom stereocenters. The summed E-state index contributed by atoms with van der Waals surface area (Å²) >= 11 is 0. The Balaban J connectivity index is 3.29. The van der Waals surface area contributed by atoms with Crippen LogP contribution < -0.4 is 0 Å². The Morgan fingerprint density at radius 3 is 2.44 bits per heavy atom. The van der Waals surface area contributed by atoms with E-state index in [0.29, 0.717) is 18.2 Å². The van der Waals surface area contributed by atoms with Crippen LogP contribution in [-0.2, 0) is 11.0 Å². The van der Waals surface area contributed by atoms with Gasteiger partial charge in [-0.25, -0.2) is 9.18 Å². The summed E-state index contributed by atoms with van der Waals surface area (Å²) < 4.78 is 49.6. The monoisotopic (exact) mass is 233 g/mol. The lowest BCUT2D eigenvalue weighted by Crippen LogP contribution is -2.08. The molecule has 3 nitrogen and oxygen atoms in total. The van der Waals surface area contributed by atoms with Crippen molar-refractivity contribution in [1.29, 1.82) is 0 Å². The van der Waals surface area contributed by atoms with Gasteiger partial charge >= 0.3 is 6.18 Å². The van der Waals surface area contributed by atoms with Crippen molar-refractivity contribution in [1.82, 2.24) is 0 Å². The molecule has 0 heterocycles. The highest BCUT2D eigenvalue weighted by Crippen LogP contribution is 2.30. The average molecular weight is 233 g/mol. The highest BCUT2D eigenvalue weighted by atomic mass is 19.4. The van der Waals surface area contributed by atoms with Crippen LogP contribution in [0.25, 0.3) is 0 Å². The predicted octanol–water partition coefficient (Wildman–Crippen LogP) is 2.32. The molecule has 0 aliphatic heterocycles. The molecule has 0 saturated carbocycles. The van der Waals surface area contributed by atoms with Gasteiger partial charge in [0.15, 0.2) is 0 Å². The van der Waals surface area contributed by atoms with Crippen LogP contribution in [0.3, 0.4) is 0 Å². The number of isocyanates is 1. The zero-order chi connectivity index (χ0) is 12.3. The minimum atomic E-state index is -4.70. The van der Waals surface area contributed by atoms with E-state index in [1.54, 1.807) is 0 Å². The molecular formula is C9H3F4NO2. The number of benzene rings is 1. The maximum absolute atomic E-state index is 13.0. The number of amides is 1.